The first-order valence-corrected chi connectivity index (χ1v) is 9.53. The number of amides is 3. The molecular weight excluding hydrogens is 368 g/mol. The smallest absolute Gasteiger partial charge is 0.270 e. The number of hydrogen-bond acceptors (Lipinski definition) is 6. The summed E-state index contributed by atoms with van der Waals surface area (Å²) in [6, 6.07) is 5.37. The molecule has 9 heteroatoms. The molecule has 27 heavy (non-hydrogen) atoms. The molecule has 0 aliphatic carbocycles. The number of anilines is 1. The summed E-state index contributed by atoms with van der Waals surface area (Å²) in [6.07, 6.45) is 1.76. The molecule has 2 aliphatic rings. The van der Waals surface area contributed by atoms with E-state index >= 15 is 0 Å². The van der Waals surface area contributed by atoms with E-state index < -0.39 is 4.87 Å². The standard InChI is InChI=1S/C18H22N4O4S/c1-5-6-9-21-15-8-7-13(26-4)10-14(15)18(16(21)25)22(12(3)24)20-17(27-18)19-11(2)23/h7-8,10H,5-6,9H2,1-4H3,(H,19,20,23)/t18-/m1/s1. The van der Waals surface area contributed by atoms with Crippen LogP contribution < -0.4 is 15.0 Å². The predicted molar refractivity (Wildman–Crippen MR) is 103 cm³/mol. The minimum atomic E-state index is -1.37. The maximum absolute atomic E-state index is 13.5. The molecule has 1 N–H and O–H groups in total. The molecule has 0 saturated carbocycles. The summed E-state index contributed by atoms with van der Waals surface area (Å²) in [5.41, 5.74) is 1.36. The number of nitrogens with one attached hydrogen (secondary N) is 1. The number of hydrazone groups is 1. The Bertz CT molecular complexity index is 841. The number of rotatable bonds is 4. The third kappa shape index (κ3) is 3.05. The van der Waals surface area contributed by atoms with Crippen LogP contribution in [0.4, 0.5) is 5.69 Å². The van der Waals surface area contributed by atoms with Crippen LogP contribution in [-0.4, -0.2) is 41.6 Å². The minimum Gasteiger partial charge on any atom is -0.497 e. The summed E-state index contributed by atoms with van der Waals surface area (Å²) in [5.74, 6) is -0.373. The zero-order valence-corrected chi connectivity index (χ0v) is 16.6. The van der Waals surface area contributed by atoms with Crippen molar-refractivity contribution >= 4 is 40.3 Å². The number of methoxy groups -OCH3 is 1. The van der Waals surface area contributed by atoms with E-state index in [0.717, 1.165) is 35.3 Å². The Morgan fingerprint density at radius 1 is 1.33 bits per heavy atom. The molecule has 0 fully saturated rings. The topological polar surface area (TPSA) is 91.3 Å². The second-order valence-corrected chi connectivity index (χ2v) is 7.54. The van der Waals surface area contributed by atoms with Crippen molar-refractivity contribution in [2.24, 2.45) is 5.10 Å². The van der Waals surface area contributed by atoms with Gasteiger partial charge in [-0.1, -0.05) is 13.3 Å². The summed E-state index contributed by atoms with van der Waals surface area (Å²) in [4.78, 5) is 37.7. The number of hydrogen-bond donors (Lipinski definition) is 1. The fourth-order valence-electron chi connectivity index (χ4n) is 3.26. The van der Waals surface area contributed by atoms with Crippen molar-refractivity contribution in [3.8, 4) is 5.75 Å². The van der Waals surface area contributed by atoms with Gasteiger partial charge in [0, 0.05) is 26.0 Å². The maximum atomic E-state index is 13.5. The molecule has 0 unspecified atom stereocenters. The molecular formula is C18H22N4O4S. The summed E-state index contributed by atoms with van der Waals surface area (Å²) >= 11 is 1.07. The Morgan fingerprint density at radius 2 is 2.07 bits per heavy atom. The van der Waals surface area contributed by atoms with Gasteiger partial charge in [0.15, 0.2) is 5.17 Å². The first-order valence-electron chi connectivity index (χ1n) is 8.71. The van der Waals surface area contributed by atoms with Crippen LogP contribution in [0.3, 0.4) is 0 Å². The predicted octanol–water partition coefficient (Wildman–Crippen LogP) is 2.00. The number of fused-ring (bicyclic) bond motifs is 2. The second-order valence-electron chi connectivity index (χ2n) is 6.36. The Kier molecular flexibility index (Phi) is 5.14. The lowest BCUT2D eigenvalue weighted by Crippen LogP contribution is -2.48. The van der Waals surface area contributed by atoms with Crippen molar-refractivity contribution in [2.45, 2.75) is 38.5 Å². The first-order chi connectivity index (χ1) is 12.8. The van der Waals surface area contributed by atoms with Crippen LogP contribution in [0.2, 0.25) is 0 Å². The van der Waals surface area contributed by atoms with Crippen LogP contribution in [0.5, 0.6) is 5.75 Å². The highest BCUT2D eigenvalue weighted by molar-refractivity contribution is 8.15. The van der Waals surface area contributed by atoms with E-state index in [1.807, 2.05) is 6.07 Å². The number of amidine groups is 1. The van der Waals surface area contributed by atoms with Gasteiger partial charge in [-0.15, -0.1) is 5.10 Å². The highest BCUT2D eigenvalue weighted by atomic mass is 32.2. The molecule has 3 amide bonds. The number of nitrogens with zero attached hydrogens (tertiary/aromatic N) is 3. The van der Waals surface area contributed by atoms with Gasteiger partial charge in [-0.2, -0.15) is 5.01 Å². The fourth-order valence-corrected chi connectivity index (χ4v) is 4.58. The van der Waals surface area contributed by atoms with E-state index in [1.165, 1.54) is 13.8 Å². The molecule has 0 saturated heterocycles. The van der Waals surface area contributed by atoms with Gasteiger partial charge in [-0.25, -0.2) is 0 Å². The average Bonchev–Trinajstić information content (AvgIpc) is 3.11. The molecule has 1 aromatic rings. The molecule has 0 bridgehead atoms. The van der Waals surface area contributed by atoms with Gasteiger partial charge in [0.1, 0.15) is 5.75 Å². The molecule has 1 aromatic carbocycles. The Balaban J connectivity index is 2.15. The molecule has 8 nitrogen and oxygen atoms in total. The van der Waals surface area contributed by atoms with Gasteiger partial charge in [0.2, 0.25) is 16.7 Å². The molecule has 1 spiro atoms. The highest BCUT2D eigenvalue weighted by Crippen LogP contribution is 2.55. The van der Waals surface area contributed by atoms with Crippen molar-refractivity contribution in [3.63, 3.8) is 0 Å². The largest absolute Gasteiger partial charge is 0.497 e. The molecule has 1 atom stereocenters. The van der Waals surface area contributed by atoms with Gasteiger partial charge in [0.25, 0.3) is 5.91 Å². The summed E-state index contributed by atoms with van der Waals surface area (Å²) in [7, 11) is 1.55. The lowest BCUT2D eigenvalue weighted by molar-refractivity contribution is -0.139. The average molecular weight is 390 g/mol. The van der Waals surface area contributed by atoms with E-state index in [-0.39, 0.29) is 22.9 Å². The van der Waals surface area contributed by atoms with Crippen molar-refractivity contribution in [1.82, 2.24) is 10.3 Å². The number of carbonyl (C=O) groups is 3. The second kappa shape index (κ2) is 7.22. The van der Waals surface area contributed by atoms with Crippen molar-refractivity contribution < 1.29 is 19.1 Å². The number of carbonyl (C=O) groups excluding carboxylic acids is 3. The third-order valence-corrected chi connectivity index (χ3v) is 5.68. The van der Waals surface area contributed by atoms with Crippen molar-refractivity contribution in [1.29, 1.82) is 0 Å². The van der Waals surface area contributed by atoms with Gasteiger partial charge >= 0.3 is 0 Å². The van der Waals surface area contributed by atoms with E-state index in [1.54, 1.807) is 24.1 Å². The summed E-state index contributed by atoms with van der Waals surface area (Å²) in [5, 5.41) is 8.20. The zero-order chi connectivity index (χ0) is 19.8. The molecule has 144 valence electrons. The monoisotopic (exact) mass is 390 g/mol. The van der Waals surface area contributed by atoms with Gasteiger partial charge in [-0.3, -0.25) is 14.4 Å². The van der Waals surface area contributed by atoms with E-state index in [9.17, 15) is 14.4 Å². The molecule has 0 radical (unpaired) electrons. The highest BCUT2D eigenvalue weighted by Gasteiger charge is 2.61. The van der Waals surface area contributed by atoms with Crippen LogP contribution in [0.1, 0.15) is 39.2 Å². The number of ether oxygens (including phenoxy) is 1. The molecule has 2 aliphatic heterocycles. The fraction of sp³-hybridized carbons (Fsp3) is 0.444. The van der Waals surface area contributed by atoms with Crippen LogP contribution in [-0.2, 0) is 19.3 Å². The zero-order valence-electron chi connectivity index (χ0n) is 15.7. The Hall–Kier alpha value is -2.55. The summed E-state index contributed by atoms with van der Waals surface area (Å²) < 4.78 is 5.33. The van der Waals surface area contributed by atoms with Crippen LogP contribution in [0.25, 0.3) is 0 Å². The number of thioether (sulfide) groups is 1. The molecule has 0 aromatic heterocycles. The number of benzene rings is 1. The van der Waals surface area contributed by atoms with E-state index in [4.69, 9.17) is 4.74 Å². The first kappa shape index (κ1) is 19.2. The normalized spacial score (nSPS) is 20.7. The SMILES string of the molecule is CCCCN1C(=O)[C@]2(SC(NC(C)=O)=NN2C(C)=O)c2cc(OC)ccc21. The lowest BCUT2D eigenvalue weighted by Gasteiger charge is -2.29. The van der Waals surface area contributed by atoms with Crippen LogP contribution in [0, 0.1) is 0 Å². The van der Waals surface area contributed by atoms with E-state index in [0.29, 0.717) is 17.9 Å². The van der Waals surface area contributed by atoms with Gasteiger partial charge < -0.3 is 15.0 Å². The van der Waals surface area contributed by atoms with Crippen molar-refractivity contribution in [3.05, 3.63) is 23.8 Å². The lowest BCUT2D eigenvalue weighted by atomic mass is 10.1. The Labute approximate surface area is 161 Å². The Morgan fingerprint density at radius 3 is 2.67 bits per heavy atom. The minimum absolute atomic E-state index is 0.220. The van der Waals surface area contributed by atoms with E-state index in [2.05, 4.69) is 17.3 Å². The number of unbranched alkanes of at least 4 members (excludes halogenated alkanes) is 1. The van der Waals surface area contributed by atoms with Gasteiger partial charge in [0.05, 0.1) is 12.8 Å². The van der Waals surface area contributed by atoms with Crippen molar-refractivity contribution in [2.75, 3.05) is 18.6 Å². The summed E-state index contributed by atoms with van der Waals surface area (Å²) in [6.45, 7) is 5.30. The quantitative estimate of drug-likeness (QED) is 0.849. The van der Waals surface area contributed by atoms with Crippen LogP contribution >= 0.6 is 11.8 Å². The molecule has 3 rings (SSSR count). The van der Waals surface area contributed by atoms with Gasteiger partial charge in [-0.05, 0) is 36.4 Å². The molecule has 2 heterocycles. The van der Waals surface area contributed by atoms with Crippen LogP contribution in [0.15, 0.2) is 23.3 Å². The maximum Gasteiger partial charge on any atom is 0.270 e. The third-order valence-electron chi connectivity index (χ3n) is 4.44.